The molecule has 4 fully saturated rings. The topological polar surface area (TPSA) is 56.7 Å². The van der Waals surface area contributed by atoms with Gasteiger partial charge in [0.1, 0.15) is 0 Å². The molecule has 140 valence electrons. The van der Waals surface area contributed by atoms with E-state index in [4.69, 9.17) is 4.99 Å². The van der Waals surface area contributed by atoms with Crippen LogP contribution in [0.15, 0.2) is 4.99 Å². The molecule has 4 atom stereocenters. The fourth-order valence-electron chi connectivity index (χ4n) is 5.92. The van der Waals surface area contributed by atoms with Gasteiger partial charge in [-0.15, -0.1) is 0 Å². The summed E-state index contributed by atoms with van der Waals surface area (Å²) in [6.07, 6.45) is 10.2. The van der Waals surface area contributed by atoms with Gasteiger partial charge in [0.15, 0.2) is 5.96 Å². The van der Waals surface area contributed by atoms with Crippen molar-refractivity contribution < 1.29 is 4.79 Å². The van der Waals surface area contributed by atoms with Gasteiger partial charge in [0.2, 0.25) is 5.91 Å². The predicted molar refractivity (Wildman–Crippen MR) is 100 cm³/mol. The van der Waals surface area contributed by atoms with Crippen LogP contribution in [0, 0.1) is 23.2 Å². The highest BCUT2D eigenvalue weighted by atomic mass is 16.1. The van der Waals surface area contributed by atoms with Crippen molar-refractivity contribution >= 4 is 11.9 Å². The number of carbonyl (C=O) groups is 1. The Kier molecular flexibility index (Phi) is 4.92. The molecule has 4 unspecified atom stereocenters. The summed E-state index contributed by atoms with van der Waals surface area (Å²) in [5, 5.41) is 6.54. The van der Waals surface area contributed by atoms with Crippen LogP contribution in [-0.2, 0) is 4.79 Å². The van der Waals surface area contributed by atoms with Gasteiger partial charge < -0.3 is 15.5 Å². The molecule has 2 N–H and O–H groups in total. The summed E-state index contributed by atoms with van der Waals surface area (Å²) in [6.45, 7) is 6.88. The summed E-state index contributed by atoms with van der Waals surface area (Å²) in [4.78, 5) is 19.1. The molecule has 2 aliphatic carbocycles. The van der Waals surface area contributed by atoms with Gasteiger partial charge in [-0.2, -0.15) is 0 Å². The van der Waals surface area contributed by atoms with Crippen molar-refractivity contribution in [3.8, 4) is 0 Å². The Morgan fingerprint density at radius 1 is 1.40 bits per heavy atom. The van der Waals surface area contributed by atoms with Crippen molar-refractivity contribution in [2.45, 2.75) is 58.3 Å². The second kappa shape index (κ2) is 7.16. The zero-order valence-corrected chi connectivity index (χ0v) is 15.7. The Bertz CT molecular complexity index is 534. The highest BCUT2D eigenvalue weighted by Crippen LogP contribution is 2.49. The maximum absolute atomic E-state index is 11.7. The highest BCUT2D eigenvalue weighted by molar-refractivity contribution is 5.81. The van der Waals surface area contributed by atoms with E-state index in [0.29, 0.717) is 6.42 Å². The largest absolute Gasteiger partial charge is 0.357 e. The first-order valence-corrected chi connectivity index (χ1v) is 10.5. The molecule has 2 bridgehead atoms. The molecule has 1 amide bonds. The number of hydrogen-bond acceptors (Lipinski definition) is 2. The van der Waals surface area contributed by atoms with Crippen LogP contribution in [0.25, 0.3) is 0 Å². The molecule has 2 saturated carbocycles. The normalized spacial score (nSPS) is 37.8. The van der Waals surface area contributed by atoms with Gasteiger partial charge >= 0.3 is 0 Å². The molecule has 5 nitrogen and oxygen atoms in total. The molecule has 2 aliphatic heterocycles. The maximum Gasteiger partial charge on any atom is 0.220 e. The standard InChI is InChI=1S/C20H34N4O/c1-2-21-19(22-8-6-17-11-15-4-5-16(17)10-15)24-9-3-7-20(14-24)12-18(25)23-13-20/h15-17H,2-14H2,1H3,(H,21,22)(H,23,25). The van der Waals surface area contributed by atoms with Crippen molar-refractivity contribution in [1.82, 2.24) is 15.5 Å². The minimum atomic E-state index is 0.135. The number of guanidine groups is 1. The summed E-state index contributed by atoms with van der Waals surface area (Å²) in [6, 6.07) is 0. The number of nitrogens with zero attached hydrogens (tertiary/aromatic N) is 2. The van der Waals surface area contributed by atoms with Crippen molar-refractivity contribution in [1.29, 1.82) is 0 Å². The third-order valence-corrected chi connectivity index (χ3v) is 7.14. The number of fused-ring (bicyclic) bond motifs is 2. The Balaban J connectivity index is 1.35. The average molecular weight is 347 g/mol. The van der Waals surface area contributed by atoms with Crippen LogP contribution < -0.4 is 10.6 Å². The van der Waals surface area contributed by atoms with Crippen molar-refractivity contribution in [2.24, 2.45) is 28.2 Å². The molecule has 0 radical (unpaired) electrons. The lowest BCUT2D eigenvalue weighted by Gasteiger charge is -2.40. The molecule has 0 aromatic heterocycles. The lowest BCUT2D eigenvalue weighted by atomic mass is 9.79. The van der Waals surface area contributed by atoms with Crippen LogP contribution >= 0.6 is 0 Å². The smallest absolute Gasteiger partial charge is 0.220 e. The summed E-state index contributed by atoms with van der Waals surface area (Å²) in [7, 11) is 0. The molecule has 2 heterocycles. The number of likely N-dealkylation sites (tertiary alicyclic amines) is 1. The quantitative estimate of drug-likeness (QED) is 0.607. The Hall–Kier alpha value is -1.26. The van der Waals surface area contributed by atoms with Gasteiger partial charge in [0.25, 0.3) is 0 Å². The van der Waals surface area contributed by atoms with E-state index in [1.165, 1.54) is 32.1 Å². The number of aliphatic imine (C=N–C) groups is 1. The number of nitrogens with one attached hydrogen (secondary N) is 2. The molecule has 4 aliphatic rings. The van der Waals surface area contributed by atoms with Crippen LogP contribution in [-0.4, -0.2) is 49.5 Å². The number of amides is 1. The lowest BCUT2D eigenvalue weighted by molar-refractivity contribution is -0.119. The first kappa shape index (κ1) is 17.2. The number of carbonyl (C=O) groups excluding carboxylic acids is 1. The van der Waals surface area contributed by atoms with Crippen LogP contribution in [0.4, 0.5) is 0 Å². The molecule has 4 rings (SSSR count). The summed E-state index contributed by atoms with van der Waals surface area (Å²) >= 11 is 0. The molecule has 2 saturated heterocycles. The number of piperidine rings is 1. The van der Waals surface area contributed by atoms with Crippen LogP contribution in [0.1, 0.15) is 58.3 Å². The van der Waals surface area contributed by atoms with Crippen molar-refractivity contribution in [2.75, 3.05) is 32.7 Å². The van der Waals surface area contributed by atoms with Crippen LogP contribution in [0.5, 0.6) is 0 Å². The van der Waals surface area contributed by atoms with E-state index in [1.54, 1.807) is 0 Å². The summed E-state index contributed by atoms with van der Waals surface area (Å²) in [5.74, 6) is 4.25. The fraction of sp³-hybridized carbons (Fsp3) is 0.900. The van der Waals surface area contributed by atoms with E-state index < -0.39 is 0 Å². The molecular weight excluding hydrogens is 312 g/mol. The zero-order chi connectivity index (χ0) is 17.3. The molecule has 5 heteroatoms. The Morgan fingerprint density at radius 2 is 2.32 bits per heavy atom. The predicted octanol–water partition coefficient (Wildman–Crippen LogP) is 2.38. The SMILES string of the molecule is CCNC(=NCCC1CC2CCC1C2)N1CCCC2(CNC(=O)C2)C1. The maximum atomic E-state index is 11.7. The van der Waals surface area contributed by atoms with Gasteiger partial charge in [-0.1, -0.05) is 6.42 Å². The number of rotatable bonds is 4. The van der Waals surface area contributed by atoms with E-state index in [9.17, 15) is 4.79 Å². The molecule has 0 aromatic rings. The first-order valence-electron chi connectivity index (χ1n) is 10.5. The van der Waals surface area contributed by atoms with Gasteiger partial charge in [-0.05, 0) is 63.2 Å². The van der Waals surface area contributed by atoms with E-state index in [2.05, 4.69) is 22.5 Å². The third kappa shape index (κ3) is 3.65. The van der Waals surface area contributed by atoms with E-state index >= 15 is 0 Å². The van der Waals surface area contributed by atoms with Crippen LogP contribution in [0.2, 0.25) is 0 Å². The second-order valence-corrected chi connectivity index (χ2v) is 8.94. The van der Waals surface area contributed by atoms with E-state index in [1.807, 2.05) is 0 Å². The second-order valence-electron chi connectivity index (χ2n) is 8.94. The minimum absolute atomic E-state index is 0.135. The van der Waals surface area contributed by atoms with Crippen molar-refractivity contribution in [3.05, 3.63) is 0 Å². The van der Waals surface area contributed by atoms with Gasteiger partial charge in [0.05, 0.1) is 0 Å². The monoisotopic (exact) mass is 346 g/mol. The average Bonchev–Trinajstić information content (AvgIpc) is 3.31. The fourth-order valence-corrected chi connectivity index (χ4v) is 5.92. The third-order valence-electron chi connectivity index (χ3n) is 7.14. The molecule has 1 spiro atoms. The first-order chi connectivity index (χ1) is 12.2. The minimum Gasteiger partial charge on any atom is -0.357 e. The summed E-state index contributed by atoms with van der Waals surface area (Å²) in [5.41, 5.74) is 0.135. The van der Waals surface area contributed by atoms with E-state index in [0.717, 1.165) is 69.3 Å². The van der Waals surface area contributed by atoms with Crippen molar-refractivity contribution in [3.63, 3.8) is 0 Å². The Labute approximate surface area is 152 Å². The van der Waals surface area contributed by atoms with Gasteiger partial charge in [0, 0.05) is 44.6 Å². The lowest BCUT2D eigenvalue weighted by Crippen LogP contribution is -2.51. The van der Waals surface area contributed by atoms with E-state index in [-0.39, 0.29) is 11.3 Å². The highest BCUT2D eigenvalue weighted by Gasteiger charge is 2.42. The molecular formula is C20H34N4O. The van der Waals surface area contributed by atoms with Gasteiger partial charge in [-0.3, -0.25) is 9.79 Å². The van der Waals surface area contributed by atoms with Gasteiger partial charge in [-0.25, -0.2) is 0 Å². The zero-order valence-electron chi connectivity index (χ0n) is 15.7. The molecule has 25 heavy (non-hydrogen) atoms. The van der Waals surface area contributed by atoms with Crippen LogP contribution in [0.3, 0.4) is 0 Å². The molecule has 0 aromatic carbocycles. The number of hydrogen-bond donors (Lipinski definition) is 2. The summed E-state index contributed by atoms with van der Waals surface area (Å²) < 4.78 is 0. The Morgan fingerprint density at radius 3 is 3.00 bits per heavy atom.